The Hall–Kier alpha value is -3.59. The molecule has 1 amide bonds. The van der Waals surface area contributed by atoms with Crippen molar-refractivity contribution in [3.63, 3.8) is 0 Å². The van der Waals surface area contributed by atoms with E-state index in [1.807, 2.05) is 0 Å². The Balaban J connectivity index is 1.21. The minimum atomic E-state index is -4.42. The van der Waals surface area contributed by atoms with Gasteiger partial charge in [0.05, 0.1) is 61.2 Å². The fourth-order valence-electron chi connectivity index (χ4n) is 5.13. The van der Waals surface area contributed by atoms with Crippen molar-refractivity contribution in [3.8, 4) is 22.8 Å². The summed E-state index contributed by atoms with van der Waals surface area (Å²) >= 11 is 0. The topological polar surface area (TPSA) is 110 Å². The second-order valence-corrected chi connectivity index (χ2v) is 11.4. The number of fused-ring (bicyclic) bond motifs is 1. The van der Waals surface area contributed by atoms with Gasteiger partial charge in [-0.25, -0.2) is 14.8 Å². The third kappa shape index (κ3) is 7.20. The predicted octanol–water partition coefficient (Wildman–Crippen LogP) is 3.60. The maximum absolute atomic E-state index is 15.1. The summed E-state index contributed by atoms with van der Waals surface area (Å²) in [5.74, 6) is -0.0948. The number of hydrogen-bond acceptors (Lipinski definition) is 9. The molecule has 1 aromatic heterocycles. The van der Waals surface area contributed by atoms with Crippen LogP contribution in [0.1, 0.15) is 25.8 Å². The van der Waals surface area contributed by atoms with E-state index in [1.54, 1.807) is 25.3 Å². The van der Waals surface area contributed by atoms with E-state index in [2.05, 4.69) is 31.0 Å². The Labute approximate surface area is 252 Å². The molecule has 5 rings (SSSR count). The maximum atomic E-state index is 15.1. The van der Waals surface area contributed by atoms with Gasteiger partial charge in [-0.05, 0) is 31.9 Å². The number of rotatable bonds is 10. The molecule has 3 aromatic rings. The molecule has 0 radical (unpaired) electrons. The Morgan fingerprint density at radius 1 is 1.11 bits per heavy atom. The van der Waals surface area contributed by atoms with E-state index in [0.717, 1.165) is 33.5 Å². The molecule has 0 aliphatic carbocycles. The Kier molecular flexibility index (Phi) is 9.53. The van der Waals surface area contributed by atoms with Crippen LogP contribution in [0.3, 0.4) is 0 Å². The first-order valence-electron chi connectivity index (χ1n) is 14.4. The number of carbonyl (C=O) groups is 1. The zero-order valence-electron chi connectivity index (χ0n) is 24.8. The SMILES string of the molecule is COc1cc2nc(-c3ccc(CC(=O)NC4CC(C(C)(C)C(F)(F)F)NN4)c(F)c3)cnc2cc1OCCN1CCOCC1. The van der Waals surface area contributed by atoms with Crippen molar-refractivity contribution in [2.75, 3.05) is 46.6 Å². The fraction of sp³-hybridized carbons (Fsp3) is 0.500. The third-order valence-corrected chi connectivity index (χ3v) is 8.14. The normalized spacial score (nSPS) is 19.7. The van der Waals surface area contributed by atoms with Crippen LogP contribution >= 0.6 is 0 Å². The molecule has 2 fully saturated rings. The molecule has 3 heterocycles. The van der Waals surface area contributed by atoms with Crippen molar-refractivity contribution >= 4 is 16.9 Å². The van der Waals surface area contributed by atoms with Crippen molar-refractivity contribution in [1.29, 1.82) is 0 Å². The molecule has 2 aromatic carbocycles. The Morgan fingerprint density at radius 3 is 2.57 bits per heavy atom. The molecule has 0 bridgehead atoms. The Bertz CT molecular complexity index is 1480. The summed E-state index contributed by atoms with van der Waals surface area (Å²) in [6, 6.07) is 6.93. The van der Waals surface area contributed by atoms with Crippen LogP contribution in [0.2, 0.25) is 0 Å². The van der Waals surface area contributed by atoms with E-state index in [0.29, 0.717) is 53.6 Å². The van der Waals surface area contributed by atoms with Gasteiger partial charge in [-0.3, -0.25) is 20.1 Å². The highest BCUT2D eigenvalue weighted by Gasteiger charge is 2.54. The highest BCUT2D eigenvalue weighted by molar-refractivity contribution is 5.81. The number of nitrogens with one attached hydrogen (secondary N) is 3. The fourth-order valence-corrected chi connectivity index (χ4v) is 5.13. The molecule has 0 spiro atoms. The molecule has 2 saturated heterocycles. The van der Waals surface area contributed by atoms with Crippen LogP contribution in [-0.2, 0) is 16.0 Å². The van der Waals surface area contributed by atoms with Crippen molar-refractivity contribution in [2.24, 2.45) is 5.41 Å². The van der Waals surface area contributed by atoms with Gasteiger partial charge >= 0.3 is 6.18 Å². The quantitative estimate of drug-likeness (QED) is 0.293. The molecule has 14 heteroatoms. The van der Waals surface area contributed by atoms with Crippen LogP contribution in [0.25, 0.3) is 22.3 Å². The van der Waals surface area contributed by atoms with Crippen molar-refractivity contribution < 1.29 is 36.6 Å². The average molecular weight is 621 g/mol. The van der Waals surface area contributed by atoms with Gasteiger partial charge in [0.15, 0.2) is 11.5 Å². The Morgan fingerprint density at radius 2 is 1.86 bits per heavy atom. The lowest BCUT2D eigenvalue weighted by Gasteiger charge is -2.33. The van der Waals surface area contributed by atoms with E-state index in [-0.39, 0.29) is 18.4 Å². The predicted molar refractivity (Wildman–Crippen MR) is 154 cm³/mol. The van der Waals surface area contributed by atoms with E-state index in [4.69, 9.17) is 14.2 Å². The van der Waals surface area contributed by atoms with Crippen LogP contribution < -0.4 is 25.6 Å². The third-order valence-electron chi connectivity index (χ3n) is 8.14. The van der Waals surface area contributed by atoms with E-state index < -0.39 is 35.5 Å². The number of carbonyl (C=O) groups excluding carboxylic acids is 1. The molecule has 238 valence electrons. The summed E-state index contributed by atoms with van der Waals surface area (Å²) in [6.45, 7) is 6.59. The summed E-state index contributed by atoms with van der Waals surface area (Å²) in [6.07, 6.45) is -3.87. The number of hydrogen-bond donors (Lipinski definition) is 3. The number of aromatic nitrogens is 2. The second kappa shape index (κ2) is 13.2. The maximum Gasteiger partial charge on any atom is 0.395 e. The number of ether oxygens (including phenoxy) is 3. The van der Waals surface area contributed by atoms with Gasteiger partial charge in [0, 0.05) is 43.4 Å². The molecular formula is C30H36F4N6O4. The summed E-state index contributed by atoms with van der Waals surface area (Å²) in [5.41, 5.74) is 5.44. The first-order chi connectivity index (χ1) is 20.9. The highest BCUT2D eigenvalue weighted by Crippen LogP contribution is 2.42. The second-order valence-electron chi connectivity index (χ2n) is 11.4. The monoisotopic (exact) mass is 620 g/mol. The zero-order valence-corrected chi connectivity index (χ0v) is 24.8. The summed E-state index contributed by atoms with van der Waals surface area (Å²) in [5, 5.41) is 2.62. The minimum Gasteiger partial charge on any atom is -0.493 e. The molecule has 44 heavy (non-hydrogen) atoms. The van der Waals surface area contributed by atoms with Gasteiger partial charge in [-0.1, -0.05) is 12.1 Å². The number of benzene rings is 2. The van der Waals surface area contributed by atoms with Crippen molar-refractivity contribution in [3.05, 3.63) is 47.9 Å². The number of alkyl halides is 3. The number of morpholine rings is 1. The average Bonchev–Trinajstić information content (AvgIpc) is 3.46. The number of amides is 1. The van der Waals surface area contributed by atoms with Crippen molar-refractivity contribution in [2.45, 2.75) is 45.1 Å². The largest absolute Gasteiger partial charge is 0.493 e. The highest BCUT2D eigenvalue weighted by atomic mass is 19.4. The van der Waals surface area contributed by atoms with Gasteiger partial charge in [0.1, 0.15) is 12.4 Å². The van der Waals surface area contributed by atoms with Gasteiger partial charge in [0.2, 0.25) is 5.91 Å². The lowest BCUT2D eigenvalue weighted by atomic mass is 9.82. The van der Waals surface area contributed by atoms with Crippen LogP contribution in [0, 0.1) is 11.2 Å². The summed E-state index contributed by atoms with van der Waals surface area (Å²) in [7, 11) is 1.54. The standard InChI is InChI=1S/C30H36F4N6O4/c1-29(2,30(32,33)34)26-16-27(39-38-26)37-28(41)13-18-4-5-19(12-20(18)31)23-17-35-21-14-25(24(42-3)15-22(21)36-23)44-11-8-40-6-9-43-10-7-40/h4-5,12,14-15,17,26-27,38-39H,6-11,13,16H2,1-3H3,(H,37,41). The van der Waals surface area contributed by atoms with Crippen LogP contribution in [-0.4, -0.2) is 85.7 Å². The molecule has 2 unspecified atom stereocenters. The lowest BCUT2D eigenvalue weighted by molar-refractivity contribution is -0.220. The number of hydrazine groups is 1. The van der Waals surface area contributed by atoms with Gasteiger partial charge in [-0.15, -0.1) is 0 Å². The number of nitrogens with zero attached hydrogens (tertiary/aromatic N) is 3. The van der Waals surface area contributed by atoms with Gasteiger partial charge in [0.25, 0.3) is 0 Å². The summed E-state index contributed by atoms with van der Waals surface area (Å²) < 4.78 is 72.0. The van der Waals surface area contributed by atoms with Crippen LogP contribution in [0.4, 0.5) is 17.6 Å². The van der Waals surface area contributed by atoms with Crippen LogP contribution in [0.5, 0.6) is 11.5 Å². The van der Waals surface area contributed by atoms with Gasteiger partial charge in [-0.2, -0.15) is 13.2 Å². The molecule has 2 aliphatic rings. The first-order valence-corrected chi connectivity index (χ1v) is 14.4. The number of methoxy groups -OCH3 is 1. The zero-order chi connectivity index (χ0) is 31.5. The smallest absolute Gasteiger partial charge is 0.395 e. The molecule has 2 atom stereocenters. The van der Waals surface area contributed by atoms with E-state index in [1.165, 1.54) is 18.3 Å². The van der Waals surface area contributed by atoms with E-state index >= 15 is 4.39 Å². The van der Waals surface area contributed by atoms with E-state index in [9.17, 15) is 18.0 Å². The molecule has 2 aliphatic heterocycles. The molecular weight excluding hydrogens is 584 g/mol. The number of halogens is 4. The molecule has 3 N–H and O–H groups in total. The molecule has 0 saturated carbocycles. The van der Waals surface area contributed by atoms with Crippen LogP contribution in [0.15, 0.2) is 36.5 Å². The lowest BCUT2D eigenvalue weighted by Crippen LogP contribution is -2.49. The first kappa shape index (κ1) is 31.8. The minimum absolute atomic E-state index is 0.0210. The van der Waals surface area contributed by atoms with Gasteiger partial charge < -0.3 is 19.5 Å². The summed E-state index contributed by atoms with van der Waals surface area (Å²) in [4.78, 5) is 24.0. The van der Waals surface area contributed by atoms with Crippen molar-refractivity contribution in [1.82, 2.24) is 31.0 Å². The molecule has 10 nitrogen and oxygen atoms in total.